The molecule has 2 N–H and O–H groups in total. The van der Waals surface area contributed by atoms with Gasteiger partial charge in [0.25, 0.3) is 5.91 Å². The van der Waals surface area contributed by atoms with E-state index in [0.29, 0.717) is 23.8 Å². The summed E-state index contributed by atoms with van der Waals surface area (Å²) >= 11 is 0. The van der Waals surface area contributed by atoms with Crippen LogP contribution in [-0.4, -0.2) is 40.1 Å². The second-order valence-corrected chi connectivity index (χ2v) is 4.86. The molecule has 5 nitrogen and oxygen atoms in total. The number of carbonyl (C=O) groups excluding carboxylic acids is 1. The van der Waals surface area contributed by atoms with Gasteiger partial charge in [0.1, 0.15) is 0 Å². The SMILES string of the molecule is Cc1cc(C(=O)N(CCCN)C2CC2)c(C)nn1. The lowest BCUT2D eigenvalue weighted by molar-refractivity contribution is 0.0740. The van der Waals surface area contributed by atoms with Gasteiger partial charge in [-0.25, -0.2) is 0 Å². The van der Waals surface area contributed by atoms with Crippen LogP contribution in [0.3, 0.4) is 0 Å². The van der Waals surface area contributed by atoms with Crippen LogP contribution in [0, 0.1) is 13.8 Å². The molecule has 1 aromatic rings. The second-order valence-electron chi connectivity index (χ2n) is 4.86. The topological polar surface area (TPSA) is 72.1 Å². The molecule has 1 fully saturated rings. The number of nitrogens with zero attached hydrogens (tertiary/aromatic N) is 3. The van der Waals surface area contributed by atoms with Crippen LogP contribution in [0.2, 0.25) is 0 Å². The maximum absolute atomic E-state index is 12.5. The lowest BCUT2D eigenvalue weighted by Crippen LogP contribution is -2.35. The molecule has 5 heteroatoms. The molecule has 1 aromatic heterocycles. The highest BCUT2D eigenvalue weighted by atomic mass is 16.2. The van der Waals surface area contributed by atoms with Crippen LogP contribution in [0.4, 0.5) is 0 Å². The highest BCUT2D eigenvalue weighted by Crippen LogP contribution is 2.28. The van der Waals surface area contributed by atoms with Crippen molar-refractivity contribution in [2.75, 3.05) is 13.1 Å². The summed E-state index contributed by atoms with van der Waals surface area (Å²) in [4.78, 5) is 14.5. The van der Waals surface area contributed by atoms with Gasteiger partial charge in [0.05, 0.1) is 17.0 Å². The van der Waals surface area contributed by atoms with Gasteiger partial charge in [0, 0.05) is 12.6 Å². The first-order valence-electron chi connectivity index (χ1n) is 6.45. The predicted molar refractivity (Wildman–Crippen MR) is 69.2 cm³/mol. The summed E-state index contributed by atoms with van der Waals surface area (Å²) in [6, 6.07) is 2.22. The van der Waals surface area contributed by atoms with Crippen molar-refractivity contribution in [1.82, 2.24) is 15.1 Å². The van der Waals surface area contributed by atoms with Crippen LogP contribution in [-0.2, 0) is 0 Å². The Hall–Kier alpha value is -1.49. The lowest BCUT2D eigenvalue weighted by atomic mass is 10.1. The minimum Gasteiger partial charge on any atom is -0.336 e. The van der Waals surface area contributed by atoms with Crippen molar-refractivity contribution in [2.45, 2.75) is 39.2 Å². The van der Waals surface area contributed by atoms with Gasteiger partial charge >= 0.3 is 0 Å². The van der Waals surface area contributed by atoms with E-state index in [0.717, 1.165) is 31.5 Å². The number of nitrogens with two attached hydrogens (primary N) is 1. The van der Waals surface area contributed by atoms with E-state index in [-0.39, 0.29) is 5.91 Å². The highest BCUT2D eigenvalue weighted by molar-refractivity contribution is 5.95. The van der Waals surface area contributed by atoms with Gasteiger partial charge < -0.3 is 10.6 Å². The summed E-state index contributed by atoms with van der Waals surface area (Å²) in [7, 11) is 0. The third-order valence-corrected chi connectivity index (χ3v) is 3.18. The minimum absolute atomic E-state index is 0.0708. The molecule has 1 amide bonds. The van der Waals surface area contributed by atoms with Gasteiger partial charge in [-0.3, -0.25) is 4.79 Å². The monoisotopic (exact) mass is 248 g/mol. The van der Waals surface area contributed by atoms with E-state index in [1.165, 1.54) is 0 Å². The predicted octanol–water partition coefficient (Wildman–Crippen LogP) is 1.05. The fraction of sp³-hybridized carbons (Fsp3) is 0.615. The molecule has 0 unspecified atom stereocenters. The standard InChI is InChI=1S/C13H20N4O/c1-9-8-12(10(2)16-15-9)13(18)17(7-3-6-14)11-4-5-11/h8,11H,3-7,14H2,1-2H3. The van der Waals surface area contributed by atoms with Gasteiger partial charge in [-0.1, -0.05) is 0 Å². The number of rotatable bonds is 5. The summed E-state index contributed by atoms with van der Waals surface area (Å²) < 4.78 is 0. The van der Waals surface area contributed by atoms with E-state index >= 15 is 0 Å². The van der Waals surface area contributed by atoms with Gasteiger partial charge in [-0.15, -0.1) is 0 Å². The maximum Gasteiger partial charge on any atom is 0.256 e. The lowest BCUT2D eigenvalue weighted by Gasteiger charge is -2.22. The van der Waals surface area contributed by atoms with Gasteiger partial charge in [-0.2, -0.15) is 10.2 Å². The first kappa shape index (κ1) is 13.0. The largest absolute Gasteiger partial charge is 0.336 e. The Morgan fingerprint density at radius 1 is 1.44 bits per heavy atom. The summed E-state index contributed by atoms with van der Waals surface area (Å²) in [5.41, 5.74) is 7.68. The van der Waals surface area contributed by atoms with Crippen molar-refractivity contribution in [3.63, 3.8) is 0 Å². The van der Waals surface area contributed by atoms with E-state index in [4.69, 9.17) is 5.73 Å². The molecule has 18 heavy (non-hydrogen) atoms. The molecule has 0 aromatic carbocycles. The molecule has 0 aliphatic heterocycles. The Morgan fingerprint density at radius 2 is 2.17 bits per heavy atom. The average Bonchev–Trinajstić information content (AvgIpc) is 3.17. The van der Waals surface area contributed by atoms with Gasteiger partial charge in [0.2, 0.25) is 0 Å². The quantitative estimate of drug-likeness (QED) is 0.845. The molecule has 0 bridgehead atoms. The van der Waals surface area contributed by atoms with Crippen molar-refractivity contribution in [1.29, 1.82) is 0 Å². The van der Waals surface area contributed by atoms with Crippen molar-refractivity contribution in [3.05, 3.63) is 23.0 Å². The molecule has 1 aliphatic carbocycles. The molecule has 0 atom stereocenters. The molecule has 1 heterocycles. The van der Waals surface area contributed by atoms with Crippen LogP contribution in [0.15, 0.2) is 6.07 Å². The summed E-state index contributed by atoms with van der Waals surface area (Å²) in [5, 5.41) is 7.98. The Bertz CT molecular complexity index is 443. The molecular formula is C13H20N4O. The molecular weight excluding hydrogens is 228 g/mol. The summed E-state index contributed by atoms with van der Waals surface area (Å²) in [6.45, 7) is 5.03. The van der Waals surface area contributed by atoms with Crippen molar-refractivity contribution < 1.29 is 4.79 Å². The zero-order valence-electron chi connectivity index (χ0n) is 11.0. The first-order chi connectivity index (χ1) is 8.63. The van der Waals surface area contributed by atoms with E-state index in [1.54, 1.807) is 0 Å². The zero-order chi connectivity index (χ0) is 13.1. The fourth-order valence-electron chi connectivity index (χ4n) is 2.02. The van der Waals surface area contributed by atoms with Gasteiger partial charge in [0.15, 0.2) is 0 Å². The molecule has 2 rings (SSSR count). The van der Waals surface area contributed by atoms with Crippen molar-refractivity contribution >= 4 is 5.91 Å². The normalized spacial score (nSPS) is 14.6. The van der Waals surface area contributed by atoms with Crippen LogP contribution in [0.5, 0.6) is 0 Å². The number of aromatic nitrogens is 2. The number of aryl methyl sites for hydroxylation is 2. The Balaban J connectivity index is 2.19. The highest BCUT2D eigenvalue weighted by Gasteiger charge is 2.33. The molecule has 0 spiro atoms. The minimum atomic E-state index is 0.0708. The van der Waals surface area contributed by atoms with Crippen LogP contribution >= 0.6 is 0 Å². The molecule has 1 aliphatic rings. The molecule has 1 saturated carbocycles. The third-order valence-electron chi connectivity index (χ3n) is 3.18. The van der Waals surface area contributed by atoms with E-state index in [9.17, 15) is 4.79 Å². The van der Waals surface area contributed by atoms with E-state index in [2.05, 4.69) is 10.2 Å². The van der Waals surface area contributed by atoms with Crippen LogP contribution < -0.4 is 5.73 Å². The first-order valence-corrected chi connectivity index (χ1v) is 6.45. The van der Waals surface area contributed by atoms with E-state index < -0.39 is 0 Å². The Morgan fingerprint density at radius 3 is 2.78 bits per heavy atom. The molecule has 0 saturated heterocycles. The zero-order valence-corrected chi connectivity index (χ0v) is 11.0. The maximum atomic E-state index is 12.5. The number of carbonyl (C=O) groups is 1. The number of hydrogen-bond acceptors (Lipinski definition) is 4. The third kappa shape index (κ3) is 2.85. The number of amides is 1. The molecule has 0 radical (unpaired) electrons. The Labute approximate surface area is 107 Å². The average molecular weight is 248 g/mol. The number of hydrogen-bond donors (Lipinski definition) is 1. The van der Waals surface area contributed by atoms with Gasteiger partial charge in [-0.05, 0) is 45.7 Å². The van der Waals surface area contributed by atoms with Crippen LogP contribution in [0.25, 0.3) is 0 Å². The summed E-state index contributed by atoms with van der Waals surface area (Å²) in [5.74, 6) is 0.0708. The summed E-state index contributed by atoms with van der Waals surface area (Å²) in [6.07, 6.45) is 3.05. The molecule has 98 valence electrons. The smallest absolute Gasteiger partial charge is 0.256 e. The van der Waals surface area contributed by atoms with Crippen molar-refractivity contribution in [2.24, 2.45) is 5.73 Å². The van der Waals surface area contributed by atoms with E-state index in [1.807, 2.05) is 24.8 Å². The van der Waals surface area contributed by atoms with Crippen molar-refractivity contribution in [3.8, 4) is 0 Å². The fourth-order valence-corrected chi connectivity index (χ4v) is 2.02. The van der Waals surface area contributed by atoms with Crippen LogP contribution in [0.1, 0.15) is 41.0 Å². The second kappa shape index (κ2) is 5.44. The Kier molecular flexibility index (Phi) is 3.91.